The van der Waals surface area contributed by atoms with E-state index in [0.717, 1.165) is 28.3 Å². The minimum atomic E-state index is 1.13. The molecule has 0 N–H and O–H groups in total. The maximum atomic E-state index is 3.96. The van der Waals surface area contributed by atoms with Crippen LogP contribution in [0.4, 0.5) is 17.1 Å². The lowest BCUT2D eigenvalue weighted by molar-refractivity contribution is 1.18. The van der Waals surface area contributed by atoms with E-state index in [0.29, 0.717) is 0 Å². The highest BCUT2D eigenvalue weighted by Crippen LogP contribution is 2.36. The van der Waals surface area contributed by atoms with E-state index < -0.39 is 0 Å². The molecular formula is C38H28N2. The Labute approximate surface area is 234 Å². The average Bonchev–Trinajstić information content (AvgIpc) is 3.36. The molecule has 0 unspecified atom stereocenters. The highest BCUT2D eigenvalue weighted by atomic mass is 15.1. The van der Waals surface area contributed by atoms with E-state index in [1.54, 1.807) is 0 Å². The molecule has 0 aliphatic carbocycles. The SMILES string of the molecule is C=Cc1ccc2c(c1)c1ccccc1n2-c1ccc(-c2ccc(N(c3ccccc3)c3ccccc3)cc2)cc1. The molecule has 0 bridgehead atoms. The Morgan fingerprint density at radius 2 is 1.00 bits per heavy atom. The minimum Gasteiger partial charge on any atom is -0.311 e. The molecule has 0 aliphatic heterocycles. The van der Waals surface area contributed by atoms with Crippen molar-refractivity contribution in [2.45, 2.75) is 0 Å². The summed E-state index contributed by atoms with van der Waals surface area (Å²) in [5.41, 5.74) is 10.5. The van der Waals surface area contributed by atoms with Crippen molar-refractivity contribution in [3.8, 4) is 16.8 Å². The maximum Gasteiger partial charge on any atom is 0.0541 e. The number of hydrogen-bond acceptors (Lipinski definition) is 1. The Morgan fingerprint density at radius 3 is 1.62 bits per heavy atom. The quantitative estimate of drug-likeness (QED) is 0.215. The Kier molecular flexibility index (Phi) is 5.99. The molecule has 0 atom stereocenters. The van der Waals surface area contributed by atoms with Crippen molar-refractivity contribution in [3.63, 3.8) is 0 Å². The van der Waals surface area contributed by atoms with Gasteiger partial charge in [-0.05, 0) is 83.4 Å². The normalized spacial score (nSPS) is 11.1. The third-order valence-electron chi connectivity index (χ3n) is 7.55. The molecule has 7 aromatic rings. The lowest BCUT2D eigenvalue weighted by Gasteiger charge is -2.25. The fourth-order valence-electron chi connectivity index (χ4n) is 5.60. The summed E-state index contributed by atoms with van der Waals surface area (Å²) in [5.74, 6) is 0. The number of para-hydroxylation sites is 3. The summed E-state index contributed by atoms with van der Waals surface area (Å²) in [5, 5.41) is 2.50. The van der Waals surface area contributed by atoms with Gasteiger partial charge in [-0.2, -0.15) is 0 Å². The summed E-state index contributed by atoms with van der Waals surface area (Å²) in [6, 6.07) is 53.9. The number of fused-ring (bicyclic) bond motifs is 3. The number of benzene rings is 6. The first-order valence-corrected chi connectivity index (χ1v) is 13.6. The molecule has 0 spiro atoms. The van der Waals surface area contributed by atoms with Gasteiger partial charge in [0.1, 0.15) is 0 Å². The summed E-state index contributed by atoms with van der Waals surface area (Å²) < 4.78 is 2.35. The monoisotopic (exact) mass is 512 g/mol. The van der Waals surface area contributed by atoms with Crippen LogP contribution in [0.2, 0.25) is 0 Å². The van der Waals surface area contributed by atoms with Crippen LogP contribution in [0.5, 0.6) is 0 Å². The number of rotatable bonds is 6. The second-order valence-corrected chi connectivity index (χ2v) is 9.93. The molecule has 0 aliphatic rings. The van der Waals surface area contributed by atoms with Crippen LogP contribution in [-0.4, -0.2) is 4.57 Å². The standard InChI is InChI=1S/C38H28N2/c1-2-28-17-26-38-36(27-28)35-15-9-10-16-37(35)40(38)34-24-20-30(21-25-34)29-18-22-33(23-19-29)39(31-11-5-3-6-12-31)32-13-7-4-8-14-32/h2-27H,1H2. The maximum absolute atomic E-state index is 3.96. The first-order chi connectivity index (χ1) is 19.8. The number of aromatic nitrogens is 1. The van der Waals surface area contributed by atoms with Crippen molar-refractivity contribution >= 4 is 44.9 Å². The zero-order valence-electron chi connectivity index (χ0n) is 22.1. The van der Waals surface area contributed by atoms with E-state index >= 15 is 0 Å². The first kappa shape index (κ1) is 23.8. The molecule has 0 saturated carbocycles. The van der Waals surface area contributed by atoms with E-state index in [-0.39, 0.29) is 0 Å². The molecule has 2 nitrogen and oxygen atoms in total. The second kappa shape index (κ2) is 10.1. The molecule has 0 amide bonds. The molecule has 0 radical (unpaired) electrons. The third kappa shape index (κ3) is 4.16. The third-order valence-corrected chi connectivity index (χ3v) is 7.55. The molecule has 2 heteroatoms. The van der Waals surface area contributed by atoms with Gasteiger partial charge in [0.05, 0.1) is 11.0 Å². The summed E-state index contributed by atoms with van der Waals surface area (Å²) in [4.78, 5) is 2.28. The van der Waals surface area contributed by atoms with E-state index in [2.05, 4.69) is 168 Å². The fraction of sp³-hybridized carbons (Fsp3) is 0. The number of anilines is 3. The van der Waals surface area contributed by atoms with Crippen LogP contribution in [0.25, 0.3) is 44.7 Å². The van der Waals surface area contributed by atoms with Gasteiger partial charge in [-0.1, -0.05) is 97.6 Å². The zero-order valence-corrected chi connectivity index (χ0v) is 22.1. The number of nitrogens with zero attached hydrogens (tertiary/aromatic N) is 2. The highest BCUT2D eigenvalue weighted by Gasteiger charge is 2.14. The van der Waals surface area contributed by atoms with Crippen molar-refractivity contribution in [2.24, 2.45) is 0 Å². The predicted molar refractivity (Wildman–Crippen MR) is 171 cm³/mol. The van der Waals surface area contributed by atoms with Crippen LogP contribution in [-0.2, 0) is 0 Å². The lowest BCUT2D eigenvalue weighted by atomic mass is 10.0. The summed E-state index contributed by atoms with van der Waals surface area (Å²) in [7, 11) is 0. The molecule has 1 aromatic heterocycles. The first-order valence-electron chi connectivity index (χ1n) is 13.6. The van der Waals surface area contributed by atoms with Gasteiger partial charge in [-0.25, -0.2) is 0 Å². The van der Waals surface area contributed by atoms with Crippen molar-refractivity contribution < 1.29 is 0 Å². The molecular weight excluding hydrogens is 484 g/mol. The predicted octanol–water partition coefficient (Wildman–Crippen LogP) is 10.6. The topological polar surface area (TPSA) is 8.17 Å². The average molecular weight is 513 g/mol. The van der Waals surface area contributed by atoms with Gasteiger partial charge in [0.25, 0.3) is 0 Å². The van der Waals surface area contributed by atoms with Crippen molar-refractivity contribution in [3.05, 3.63) is 164 Å². The Balaban J connectivity index is 1.25. The van der Waals surface area contributed by atoms with E-state index in [1.807, 2.05) is 6.08 Å². The fourth-order valence-corrected chi connectivity index (χ4v) is 5.60. The van der Waals surface area contributed by atoms with Crippen LogP contribution in [0.1, 0.15) is 5.56 Å². The molecule has 0 saturated heterocycles. The van der Waals surface area contributed by atoms with Gasteiger partial charge < -0.3 is 9.47 Å². The van der Waals surface area contributed by atoms with Crippen LogP contribution in [0.15, 0.2) is 158 Å². The Hall–Kier alpha value is -5.34. The van der Waals surface area contributed by atoms with E-state index in [1.165, 1.54) is 32.9 Å². The summed E-state index contributed by atoms with van der Waals surface area (Å²) >= 11 is 0. The van der Waals surface area contributed by atoms with Crippen LogP contribution in [0.3, 0.4) is 0 Å². The second-order valence-electron chi connectivity index (χ2n) is 9.93. The van der Waals surface area contributed by atoms with Crippen molar-refractivity contribution in [1.29, 1.82) is 0 Å². The van der Waals surface area contributed by atoms with Gasteiger partial charge in [0, 0.05) is 33.5 Å². The van der Waals surface area contributed by atoms with Crippen LogP contribution >= 0.6 is 0 Å². The van der Waals surface area contributed by atoms with Crippen LogP contribution in [0, 0.1) is 0 Å². The molecule has 40 heavy (non-hydrogen) atoms. The van der Waals surface area contributed by atoms with Gasteiger partial charge in [0.15, 0.2) is 0 Å². The van der Waals surface area contributed by atoms with Gasteiger partial charge in [-0.15, -0.1) is 0 Å². The number of hydrogen-bond donors (Lipinski definition) is 0. The Bertz CT molecular complexity index is 1890. The van der Waals surface area contributed by atoms with Crippen LogP contribution < -0.4 is 4.90 Å². The molecule has 7 rings (SSSR count). The summed E-state index contributed by atoms with van der Waals surface area (Å²) in [6.45, 7) is 3.96. The lowest BCUT2D eigenvalue weighted by Crippen LogP contribution is -2.09. The summed E-state index contributed by atoms with van der Waals surface area (Å²) in [6.07, 6.45) is 1.91. The smallest absolute Gasteiger partial charge is 0.0541 e. The van der Waals surface area contributed by atoms with E-state index in [4.69, 9.17) is 0 Å². The minimum absolute atomic E-state index is 1.13. The van der Waals surface area contributed by atoms with Crippen molar-refractivity contribution in [2.75, 3.05) is 4.90 Å². The van der Waals surface area contributed by atoms with Crippen molar-refractivity contribution in [1.82, 2.24) is 4.57 Å². The zero-order chi connectivity index (χ0) is 26.9. The van der Waals surface area contributed by atoms with Gasteiger partial charge in [0.2, 0.25) is 0 Å². The molecule has 6 aromatic carbocycles. The molecule has 0 fully saturated rings. The van der Waals surface area contributed by atoms with Gasteiger partial charge >= 0.3 is 0 Å². The highest BCUT2D eigenvalue weighted by molar-refractivity contribution is 6.09. The largest absolute Gasteiger partial charge is 0.311 e. The van der Waals surface area contributed by atoms with E-state index in [9.17, 15) is 0 Å². The molecule has 1 heterocycles. The van der Waals surface area contributed by atoms with Gasteiger partial charge in [-0.3, -0.25) is 0 Å². The Morgan fingerprint density at radius 1 is 0.475 bits per heavy atom. The molecule has 190 valence electrons.